The van der Waals surface area contributed by atoms with Gasteiger partial charge >= 0.3 is 0 Å². The lowest BCUT2D eigenvalue weighted by Gasteiger charge is -2.17. The third-order valence-electron chi connectivity index (χ3n) is 4.47. The number of nitrogens with zero attached hydrogens (tertiary/aromatic N) is 2. The average molecular weight is 219 g/mol. The number of aromatic nitrogens is 2. The van der Waals surface area contributed by atoms with Gasteiger partial charge in [0, 0.05) is 36.9 Å². The zero-order chi connectivity index (χ0) is 11.1. The minimum atomic E-state index is 0.691. The molecule has 1 aromatic rings. The summed E-state index contributed by atoms with van der Waals surface area (Å²) in [6.07, 6.45) is 6.58. The van der Waals surface area contributed by atoms with Gasteiger partial charge in [0.15, 0.2) is 0 Å². The van der Waals surface area contributed by atoms with Gasteiger partial charge in [-0.25, -0.2) is 4.98 Å². The largest absolute Gasteiger partial charge is 0.331 e. The molecule has 2 unspecified atom stereocenters. The van der Waals surface area contributed by atoms with Gasteiger partial charge in [-0.2, -0.15) is 0 Å². The Labute approximate surface area is 97.3 Å². The van der Waals surface area contributed by atoms with Crippen molar-refractivity contribution in [1.82, 2.24) is 14.9 Å². The van der Waals surface area contributed by atoms with Gasteiger partial charge in [-0.3, -0.25) is 0 Å². The fraction of sp³-hybridized carbons (Fsp3) is 0.769. The maximum atomic E-state index is 4.37. The molecule has 1 aromatic heterocycles. The Bertz CT molecular complexity index is 357. The van der Waals surface area contributed by atoms with Crippen molar-refractivity contribution in [3.63, 3.8) is 0 Å². The molecule has 0 radical (unpaired) electrons. The van der Waals surface area contributed by atoms with Crippen molar-refractivity contribution in [2.75, 3.05) is 13.1 Å². The maximum Gasteiger partial charge on any atom is 0.0951 e. The zero-order valence-electron chi connectivity index (χ0n) is 10.2. The molecule has 2 fully saturated rings. The summed E-state index contributed by atoms with van der Waals surface area (Å²) in [5.41, 5.74) is 1.46. The minimum absolute atomic E-state index is 0.691. The second kappa shape index (κ2) is 3.88. The van der Waals surface area contributed by atoms with E-state index in [2.05, 4.69) is 41.2 Å². The van der Waals surface area contributed by atoms with E-state index in [0.29, 0.717) is 5.92 Å². The van der Waals surface area contributed by atoms with Gasteiger partial charge in [-0.05, 0) is 24.7 Å². The van der Waals surface area contributed by atoms with Crippen LogP contribution in [0.15, 0.2) is 12.5 Å². The first-order chi connectivity index (χ1) is 7.86. The molecule has 3 nitrogen and oxygen atoms in total. The van der Waals surface area contributed by atoms with Gasteiger partial charge in [0.2, 0.25) is 0 Å². The molecule has 2 aliphatic rings. The first kappa shape index (κ1) is 10.3. The molecule has 2 heterocycles. The molecule has 16 heavy (non-hydrogen) atoms. The van der Waals surface area contributed by atoms with Crippen LogP contribution in [0.3, 0.4) is 0 Å². The first-order valence-corrected chi connectivity index (χ1v) is 6.59. The Morgan fingerprint density at radius 3 is 2.69 bits per heavy atom. The van der Waals surface area contributed by atoms with Crippen LogP contribution in [-0.2, 0) is 0 Å². The molecule has 1 saturated heterocycles. The van der Waals surface area contributed by atoms with E-state index < -0.39 is 0 Å². The third-order valence-corrected chi connectivity index (χ3v) is 4.47. The van der Waals surface area contributed by atoms with Crippen LogP contribution in [-0.4, -0.2) is 22.6 Å². The Morgan fingerprint density at radius 2 is 2.06 bits per heavy atom. The molecule has 0 aromatic carbocycles. The summed E-state index contributed by atoms with van der Waals surface area (Å²) in [4.78, 5) is 4.37. The molecule has 88 valence electrons. The highest BCUT2D eigenvalue weighted by Gasteiger charge is 2.54. The lowest BCUT2D eigenvalue weighted by Crippen LogP contribution is -2.17. The number of nitrogens with one attached hydrogen (secondary N) is 1. The second-order valence-electron chi connectivity index (χ2n) is 5.22. The van der Waals surface area contributed by atoms with E-state index >= 15 is 0 Å². The second-order valence-corrected chi connectivity index (χ2v) is 5.22. The predicted molar refractivity (Wildman–Crippen MR) is 64.4 cm³/mol. The predicted octanol–water partition coefficient (Wildman–Crippen LogP) is 2.18. The van der Waals surface area contributed by atoms with E-state index in [0.717, 1.165) is 17.9 Å². The van der Waals surface area contributed by atoms with Gasteiger partial charge in [0.05, 0.1) is 6.33 Å². The normalized spacial score (nSPS) is 32.1. The van der Waals surface area contributed by atoms with Gasteiger partial charge in [-0.15, -0.1) is 0 Å². The quantitative estimate of drug-likeness (QED) is 0.841. The zero-order valence-corrected chi connectivity index (χ0v) is 10.2. The van der Waals surface area contributed by atoms with Crippen molar-refractivity contribution in [2.24, 2.45) is 11.8 Å². The molecule has 1 saturated carbocycles. The highest BCUT2D eigenvalue weighted by molar-refractivity contribution is 5.16. The van der Waals surface area contributed by atoms with Crippen molar-refractivity contribution in [3.05, 3.63) is 18.2 Å². The Hall–Kier alpha value is -0.830. The van der Waals surface area contributed by atoms with Crippen molar-refractivity contribution in [1.29, 1.82) is 0 Å². The molecule has 3 rings (SSSR count). The SMILES string of the molecule is CCC(CC)c1cncn1C1C2CNCC21. The number of rotatable bonds is 4. The van der Waals surface area contributed by atoms with E-state index in [-0.39, 0.29) is 0 Å². The summed E-state index contributed by atoms with van der Waals surface area (Å²) in [5.74, 6) is 2.45. The monoisotopic (exact) mass is 219 g/mol. The third kappa shape index (κ3) is 1.41. The highest BCUT2D eigenvalue weighted by atomic mass is 15.2. The first-order valence-electron chi connectivity index (χ1n) is 6.59. The molecule has 0 amide bonds. The smallest absolute Gasteiger partial charge is 0.0951 e. The van der Waals surface area contributed by atoms with Crippen LogP contribution in [0.4, 0.5) is 0 Å². The van der Waals surface area contributed by atoms with Crippen molar-refractivity contribution in [2.45, 2.75) is 38.6 Å². The fourth-order valence-corrected chi connectivity index (χ4v) is 3.39. The van der Waals surface area contributed by atoms with Gasteiger partial charge in [-0.1, -0.05) is 13.8 Å². The summed E-state index contributed by atoms with van der Waals surface area (Å²) in [5, 5.41) is 3.46. The number of hydrogen-bond acceptors (Lipinski definition) is 2. The van der Waals surface area contributed by atoms with Crippen LogP contribution in [0.2, 0.25) is 0 Å². The number of fused-ring (bicyclic) bond motifs is 1. The average Bonchev–Trinajstić information content (AvgIpc) is 2.77. The molecule has 1 aliphatic heterocycles. The molecule has 2 atom stereocenters. The van der Waals surface area contributed by atoms with Crippen LogP contribution >= 0.6 is 0 Å². The fourth-order valence-electron chi connectivity index (χ4n) is 3.39. The summed E-state index contributed by atoms with van der Waals surface area (Å²) in [6.45, 7) is 6.97. The molecular formula is C13H21N3. The van der Waals surface area contributed by atoms with Crippen molar-refractivity contribution in [3.8, 4) is 0 Å². The summed E-state index contributed by atoms with van der Waals surface area (Å²) in [6, 6.07) is 0.749. The summed E-state index contributed by atoms with van der Waals surface area (Å²) < 4.78 is 2.47. The lowest BCUT2D eigenvalue weighted by atomic mass is 10.00. The summed E-state index contributed by atoms with van der Waals surface area (Å²) in [7, 11) is 0. The van der Waals surface area contributed by atoms with Crippen LogP contribution < -0.4 is 5.32 Å². The minimum Gasteiger partial charge on any atom is -0.331 e. The Kier molecular flexibility index (Phi) is 2.51. The highest BCUT2D eigenvalue weighted by Crippen LogP contribution is 2.53. The number of hydrogen-bond donors (Lipinski definition) is 1. The van der Waals surface area contributed by atoms with E-state index in [4.69, 9.17) is 0 Å². The van der Waals surface area contributed by atoms with E-state index in [9.17, 15) is 0 Å². The van der Waals surface area contributed by atoms with Gasteiger partial charge < -0.3 is 9.88 Å². The lowest BCUT2D eigenvalue weighted by molar-refractivity contribution is 0.515. The van der Waals surface area contributed by atoms with E-state index in [1.54, 1.807) is 0 Å². The summed E-state index contributed by atoms with van der Waals surface area (Å²) >= 11 is 0. The van der Waals surface area contributed by atoms with E-state index in [1.807, 2.05) is 0 Å². The van der Waals surface area contributed by atoms with Gasteiger partial charge in [0.25, 0.3) is 0 Å². The molecule has 0 bridgehead atoms. The molecular weight excluding hydrogens is 198 g/mol. The topological polar surface area (TPSA) is 29.9 Å². The van der Waals surface area contributed by atoms with Crippen LogP contribution in [0.25, 0.3) is 0 Å². The van der Waals surface area contributed by atoms with Crippen molar-refractivity contribution >= 4 is 0 Å². The molecule has 3 heteroatoms. The van der Waals surface area contributed by atoms with Crippen molar-refractivity contribution < 1.29 is 0 Å². The number of imidazole rings is 1. The van der Waals surface area contributed by atoms with Crippen LogP contribution in [0.5, 0.6) is 0 Å². The molecule has 1 N–H and O–H groups in total. The Balaban J connectivity index is 1.83. The Morgan fingerprint density at radius 1 is 1.38 bits per heavy atom. The van der Waals surface area contributed by atoms with Crippen LogP contribution in [0.1, 0.15) is 44.3 Å². The maximum absolute atomic E-state index is 4.37. The van der Waals surface area contributed by atoms with Gasteiger partial charge in [0.1, 0.15) is 0 Å². The van der Waals surface area contributed by atoms with E-state index in [1.165, 1.54) is 31.6 Å². The van der Waals surface area contributed by atoms with Crippen LogP contribution in [0, 0.1) is 11.8 Å². The molecule has 0 spiro atoms. The standard InChI is InChI=1S/C13H21N3/c1-3-9(4-2)12-7-15-8-16(12)13-10-5-14-6-11(10)13/h7-11,13-14H,3-6H2,1-2H3. The molecule has 1 aliphatic carbocycles. The number of piperidine rings is 1.